The molecule has 33 heavy (non-hydrogen) atoms. The molecule has 0 radical (unpaired) electrons. The Kier molecular flexibility index (Phi) is 4.35. The van der Waals surface area contributed by atoms with E-state index in [9.17, 15) is 4.79 Å². The van der Waals surface area contributed by atoms with Crippen molar-refractivity contribution in [1.82, 2.24) is 14.6 Å². The Bertz CT molecular complexity index is 1160. The van der Waals surface area contributed by atoms with Gasteiger partial charge in [0.15, 0.2) is 24.3 Å². The second kappa shape index (κ2) is 6.88. The number of nitrogen functional groups attached to an aromatic ring is 1. The van der Waals surface area contributed by atoms with Crippen LogP contribution in [0.3, 0.4) is 0 Å². The van der Waals surface area contributed by atoms with Gasteiger partial charge in [0, 0.05) is 0 Å². The molecule has 2 aromatic rings. The van der Waals surface area contributed by atoms with E-state index >= 15 is 0 Å². The lowest BCUT2D eigenvalue weighted by atomic mass is 9.52. The summed E-state index contributed by atoms with van der Waals surface area (Å²) in [6, 6.07) is 3.63. The van der Waals surface area contributed by atoms with Crippen LogP contribution in [0, 0.1) is 17.9 Å². The first-order valence-corrected chi connectivity index (χ1v) is 11.4. The molecule has 0 amide bonds. The van der Waals surface area contributed by atoms with E-state index in [0.29, 0.717) is 22.4 Å². The predicted molar refractivity (Wildman–Crippen MR) is 114 cm³/mol. The van der Waals surface area contributed by atoms with Gasteiger partial charge < -0.3 is 19.9 Å². The van der Waals surface area contributed by atoms with Gasteiger partial charge in [-0.2, -0.15) is 5.10 Å². The van der Waals surface area contributed by atoms with Crippen LogP contribution in [-0.2, 0) is 23.7 Å². The fourth-order valence-electron chi connectivity index (χ4n) is 5.90. The average molecular weight is 453 g/mol. The molecule has 4 heterocycles. The van der Waals surface area contributed by atoms with Crippen LogP contribution in [0.5, 0.6) is 0 Å². The number of carbonyl (C=O) groups excluding carboxylic acids is 1. The number of esters is 1. The second-order valence-corrected chi connectivity index (χ2v) is 10.3. The number of ether oxygens (including phenoxy) is 4. The van der Waals surface area contributed by atoms with Crippen LogP contribution in [0.4, 0.5) is 5.82 Å². The van der Waals surface area contributed by atoms with Crippen molar-refractivity contribution in [3.05, 3.63) is 35.6 Å². The van der Waals surface area contributed by atoms with E-state index in [1.54, 1.807) is 24.4 Å². The first-order chi connectivity index (χ1) is 15.7. The van der Waals surface area contributed by atoms with Gasteiger partial charge in [-0.3, -0.25) is 14.4 Å². The van der Waals surface area contributed by atoms with Crippen LogP contribution in [0.15, 0.2) is 18.5 Å². The maximum Gasteiger partial charge on any atom is 0.400 e. The van der Waals surface area contributed by atoms with Crippen LogP contribution in [0.25, 0.3) is 10.4 Å². The minimum Gasteiger partial charge on any atom is -0.454 e. The van der Waals surface area contributed by atoms with Gasteiger partial charge in [-0.15, -0.1) is 0 Å². The molecule has 0 bridgehead atoms. The molecular weight excluding hydrogens is 426 g/mol. The van der Waals surface area contributed by atoms with Crippen molar-refractivity contribution in [3.63, 3.8) is 0 Å². The van der Waals surface area contributed by atoms with Crippen LogP contribution in [-0.4, -0.2) is 50.9 Å². The second-order valence-electron chi connectivity index (χ2n) is 10.3. The summed E-state index contributed by atoms with van der Waals surface area (Å²) >= 11 is 0. The molecule has 0 unspecified atom stereocenters. The highest BCUT2D eigenvalue weighted by molar-refractivity contribution is 5.74. The van der Waals surface area contributed by atoms with Crippen LogP contribution < -0.4 is 5.73 Å². The fourth-order valence-corrected chi connectivity index (χ4v) is 5.90. The molecule has 4 aliphatic rings. The number of carbonyl (C=O) groups is 1. The number of anilines is 1. The summed E-state index contributed by atoms with van der Waals surface area (Å²) in [6.45, 7) is 11.4. The molecule has 4 fully saturated rings. The van der Waals surface area contributed by atoms with E-state index < -0.39 is 29.8 Å². The fraction of sp³-hybridized carbons (Fsp3) is 0.652. The largest absolute Gasteiger partial charge is 0.454 e. The molecule has 10 nitrogen and oxygen atoms in total. The van der Waals surface area contributed by atoms with Crippen LogP contribution in [0.1, 0.15) is 57.7 Å². The standard InChI is InChI=1S/C23H27N5O5/c1-21(2)31-17-16(14-5-6-15-19(24)26-12-27-28(14)15)32-23(25-3,18(17)33-21)11-30-20(29)13-9-22(10-13)7-4-8-22/h5-6,12-13,16-18H,4,7-11H2,1-2H3,(H2,24,26,27)/t16-,17-,18-,23+/m0/s1. The molecule has 6 rings (SSSR count). The molecule has 2 aliphatic heterocycles. The molecule has 2 saturated heterocycles. The molecule has 2 aromatic heterocycles. The van der Waals surface area contributed by atoms with Crippen molar-refractivity contribution < 1.29 is 23.7 Å². The van der Waals surface area contributed by atoms with Gasteiger partial charge in [-0.05, 0) is 57.1 Å². The number of nitrogens with zero attached hydrogens (tertiary/aromatic N) is 4. The minimum absolute atomic E-state index is 0.0903. The van der Waals surface area contributed by atoms with Crippen molar-refractivity contribution in [3.8, 4) is 0 Å². The number of aromatic nitrogens is 3. The Balaban J connectivity index is 1.26. The highest BCUT2D eigenvalue weighted by Crippen LogP contribution is 2.59. The van der Waals surface area contributed by atoms with E-state index in [-0.39, 0.29) is 18.5 Å². The summed E-state index contributed by atoms with van der Waals surface area (Å²) in [4.78, 5) is 20.5. The summed E-state index contributed by atoms with van der Waals surface area (Å²) in [6.07, 6.45) is 4.82. The molecule has 2 N–H and O–H groups in total. The summed E-state index contributed by atoms with van der Waals surface area (Å²) in [5.41, 5.74) is 6.13. The van der Waals surface area contributed by atoms with Crippen molar-refractivity contribution in [2.24, 2.45) is 11.3 Å². The Morgan fingerprint density at radius 3 is 2.79 bits per heavy atom. The molecule has 2 aliphatic carbocycles. The zero-order valence-electron chi connectivity index (χ0n) is 18.7. The number of nitrogens with two attached hydrogens (primary N) is 1. The molecule has 0 aromatic carbocycles. The van der Waals surface area contributed by atoms with Gasteiger partial charge in [-0.25, -0.2) is 16.1 Å². The topological polar surface area (TPSA) is 115 Å². The van der Waals surface area contributed by atoms with Crippen molar-refractivity contribution >= 4 is 17.3 Å². The third-order valence-corrected chi connectivity index (χ3v) is 7.72. The van der Waals surface area contributed by atoms with E-state index in [1.165, 1.54) is 25.6 Å². The Morgan fingerprint density at radius 1 is 1.30 bits per heavy atom. The third kappa shape index (κ3) is 3.06. The highest BCUT2D eigenvalue weighted by atomic mass is 16.8. The average Bonchev–Trinajstić information content (AvgIpc) is 3.35. The maximum absolute atomic E-state index is 12.7. The summed E-state index contributed by atoms with van der Waals surface area (Å²) in [5, 5.41) is 4.30. The van der Waals surface area contributed by atoms with E-state index in [1.807, 2.05) is 6.07 Å². The highest BCUT2D eigenvalue weighted by Gasteiger charge is 2.69. The minimum atomic E-state index is -1.51. The first kappa shape index (κ1) is 20.8. The van der Waals surface area contributed by atoms with Crippen molar-refractivity contribution in [2.75, 3.05) is 12.3 Å². The molecule has 2 saturated carbocycles. The lowest BCUT2D eigenvalue weighted by molar-refractivity contribution is -0.212. The normalized spacial score (nSPS) is 33.9. The third-order valence-electron chi connectivity index (χ3n) is 7.72. The monoisotopic (exact) mass is 453 g/mol. The van der Waals surface area contributed by atoms with Crippen molar-refractivity contribution in [2.45, 2.75) is 75.8 Å². The Labute approximate surface area is 191 Å². The number of fused-ring (bicyclic) bond motifs is 2. The Morgan fingerprint density at radius 2 is 2.09 bits per heavy atom. The van der Waals surface area contributed by atoms with Gasteiger partial charge in [-0.1, -0.05) is 6.42 Å². The lowest BCUT2D eigenvalue weighted by Crippen LogP contribution is -2.48. The zero-order valence-corrected chi connectivity index (χ0v) is 18.7. The number of hydrogen-bond donors (Lipinski definition) is 1. The van der Waals surface area contributed by atoms with Crippen LogP contribution in [0.2, 0.25) is 0 Å². The smallest absolute Gasteiger partial charge is 0.400 e. The van der Waals surface area contributed by atoms with Crippen molar-refractivity contribution in [1.29, 1.82) is 0 Å². The molecular formula is C23H27N5O5. The van der Waals surface area contributed by atoms with Crippen LogP contribution >= 0.6 is 0 Å². The van der Waals surface area contributed by atoms with Gasteiger partial charge in [0.25, 0.3) is 0 Å². The van der Waals surface area contributed by atoms with Gasteiger partial charge in [0.2, 0.25) is 0 Å². The van der Waals surface area contributed by atoms with E-state index in [0.717, 1.165) is 12.8 Å². The van der Waals surface area contributed by atoms with Gasteiger partial charge >= 0.3 is 11.7 Å². The zero-order chi connectivity index (χ0) is 23.0. The summed E-state index contributed by atoms with van der Waals surface area (Å²) in [7, 11) is 0. The summed E-state index contributed by atoms with van der Waals surface area (Å²) in [5.74, 6) is -0.925. The molecule has 4 atom stereocenters. The Hall–Kier alpha value is -2.74. The number of rotatable bonds is 4. The van der Waals surface area contributed by atoms with Gasteiger partial charge in [0.05, 0.1) is 11.6 Å². The predicted octanol–water partition coefficient (Wildman–Crippen LogP) is 2.64. The SMILES string of the molecule is [C-]#[N+][C@]1(COC(=O)C2CC3(CCC3)C2)O[C@@H](c2ccc3c(N)ncnn23)[C@@H]2OC(C)(C)O[C@@H]21. The first-order valence-electron chi connectivity index (χ1n) is 11.4. The lowest BCUT2D eigenvalue weighted by Gasteiger charge is -2.53. The number of hydrogen-bond acceptors (Lipinski definition) is 8. The van der Waals surface area contributed by atoms with E-state index in [2.05, 4.69) is 14.9 Å². The quantitative estimate of drug-likeness (QED) is 0.555. The summed E-state index contributed by atoms with van der Waals surface area (Å²) < 4.78 is 25.9. The molecule has 10 heteroatoms. The molecule has 1 spiro atoms. The maximum atomic E-state index is 12.7. The van der Waals surface area contributed by atoms with E-state index in [4.69, 9.17) is 31.3 Å². The molecule has 174 valence electrons. The van der Waals surface area contributed by atoms with Gasteiger partial charge in [0.1, 0.15) is 24.1 Å².